The van der Waals surface area contributed by atoms with Crippen LogP contribution in [0, 0.1) is 11.8 Å². The standard InChI is InChI=1S/C20H24N2O/c1-14(16-12-21-13-16)20(23)22-11-5-10-19(22)18-9-4-7-15-6-2-3-8-17(15)18/h2-4,6-9,14,16,19,21H,5,10-13H2,1H3. The number of rotatable bonds is 3. The molecule has 2 atom stereocenters. The predicted octanol–water partition coefficient (Wildman–Crippen LogP) is 3.36. The number of nitrogens with zero attached hydrogens (tertiary/aromatic N) is 1. The van der Waals surface area contributed by atoms with Crippen LogP contribution in [0.15, 0.2) is 42.5 Å². The van der Waals surface area contributed by atoms with Crippen molar-refractivity contribution in [3.63, 3.8) is 0 Å². The highest BCUT2D eigenvalue weighted by molar-refractivity contribution is 5.87. The third-order valence-corrected chi connectivity index (χ3v) is 5.63. The number of benzene rings is 2. The van der Waals surface area contributed by atoms with Gasteiger partial charge >= 0.3 is 0 Å². The van der Waals surface area contributed by atoms with Crippen LogP contribution < -0.4 is 5.32 Å². The van der Waals surface area contributed by atoms with Crippen LogP contribution in [0.25, 0.3) is 10.8 Å². The Hall–Kier alpha value is -1.87. The molecule has 1 N–H and O–H groups in total. The fraction of sp³-hybridized carbons (Fsp3) is 0.450. The average molecular weight is 308 g/mol. The van der Waals surface area contributed by atoms with Gasteiger partial charge in [-0.25, -0.2) is 0 Å². The zero-order valence-corrected chi connectivity index (χ0v) is 13.7. The highest BCUT2D eigenvalue weighted by Crippen LogP contribution is 2.37. The van der Waals surface area contributed by atoms with E-state index in [1.807, 2.05) is 0 Å². The highest BCUT2D eigenvalue weighted by Gasteiger charge is 2.37. The predicted molar refractivity (Wildman–Crippen MR) is 93.2 cm³/mol. The number of carbonyl (C=O) groups is 1. The first-order valence-electron chi connectivity index (χ1n) is 8.74. The van der Waals surface area contributed by atoms with Crippen LogP contribution >= 0.6 is 0 Å². The second-order valence-corrected chi connectivity index (χ2v) is 6.97. The molecule has 3 nitrogen and oxygen atoms in total. The molecule has 4 rings (SSSR count). The van der Waals surface area contributed by atoms with Crippen LogP contribution in [0.1, 0.15) is 31.4 Å². The van der Waals surface area contributed by atoms with Crippen LogP contribution in [0.3, 0.4) is 0 Å². The van der Waals surface area contributed by atoms with Crippen molar-refractivity contribution in [1.82, 2.24) is 10.2 Å². The number of hydrogen-bond donors (Lipinski definition) is 1. The van der Waals surface area contributed by atoms with Crippen molar-refractivity contribution >= 4 is 16.7 Å². The van der Waals surface area contributed by atoms with E-state index in [0.717, 1.165) is 32.5 Å². The lowest BCUT2D eigenvalue weighted by Crippen LogP contribution is -2.50. The molecule has 2 aliphatic heterocycles. The van der Waals surface area contributed by atoms with Crippen molar-refractivity contribution in [2.75, 3.05) is 19.6 Å². The minimum Gasteiger partial charge on any atom is -0.335 e. The first-order valence-corrected chi connectivity index (χ1v) is 8.74. The molecule has 23 heavy (non-hydrogen) atoms. The number of carbonyl (C=O) groups excluding carboxylic acids is 1. The van der Waals surface area contributed by atoms with Gasteiger partial charge in [-0.05, 0) is 48.2 Å². The number of amides is 1. The average Bonchev–Trinajstić information content (AvgIpc) is 3.01. The fourth-order valence-electron chi connectivity index (χ4n) is 4.02. The summed E-state index contributed by atoms with van der Waals surface area (Å²) in [5.41, 5.74) is 1.31. The molecule has 2 aromatic rings. The SMILES string of the molecule is CC(C(=O)N1CCCC1c1cccc2ccccc12)C1CNC1. The topological polar surface area (TPSA) is 32.3 Å². The molecular weight excluding hydrogens is 284 g/mol. The molecule has 2 unspecified atom stereocenters. The van der Waals surface area contributed by atoms with E-state index in [4.69, 9.17) is 0 Å². The summed E-state index contributed by atoms with van der Waals surface area (Å²) >= 11 is 0. The monoisotopic (exact) mass is 308 g/mol. The van der Waals surface area contributed by atoms with Gasteiger partial charge in [0.2, 0.25) is 5.91 Å². The van der Waals surface area contributed by atoms with Gasteiger partial charge in [-0.15, -0.1) is 0 Å². The van der Waals surface area contributed by atoms with Crippen molar-refractivity contribution < 1.29 is 4.79 Å². The van der Waals surface area contributed by atoms with Crippen molar-refractivity contribution in [1.29, 1.82) is 0 Å². The second-order valence-electron chi connectivity index (χ2n) is 6.97. The minimum absolute atomic E-state index is 0.131. The molecule has 3 heteroatoms. The van der Waals surface area contributed by atoms with Gasteiger partial charge in [0, 0.05) is 12.5 Å². The Morgan fingerprint density at radius 2 is 1.96 bits per heavy atom. The van der Waals surface area contributed by atoms with Crippen LogP contribution in [0.5, 0.6) is 0 Å². The molecule has 2 aromatic carbocycles. The van der Waals surface area contributed by atoms with Crippen molar-refractivity contribution in [3.05, 3.63) is 48.0 Å². The van der Waals surface area contributed by atoms with E-state index in [9.17, 15) is 4.79 Å². The lowest BCUT2D eigenvalue weighted by molar-refractivity contribution is -0.138. The Morgan fingerprint density at radius 3 is 2.74 bits per heavy atom. The van der Waals surface area contributed by atoms with E-state index in [-0.39, 0.29) is 12.0 Å². The Balaban J connectivity index is 1.65. The molecule has 120 valence electrons. The van der Waals surface area contributed by atoms with E-state index in [1.165, 1.54) is 16.3 Å². The Bertz CT molecular complexity index is 717. The fourth-order valence-corrected chi connectivity index (χ4v) is 4.02. The molecule has 1 amide bonds. The van der Waals surface area contributed by atoms with Crippen LogP contribution in [-0.2, 0) is 4.79 Å². The summed E-state index contributed by atoms with van der Waals surface area (Å²) < 4.78 is 0. The zero-order valence-electron chi connectivity index (χ0n) is 13.7. The van der Waals surface area contributed by atoms with Gasteiger partial charge in [0.15, 0.2) is 0 Å². The van der Waals surface area contributed by atoms with E-state index in [0.29, 0.717) is 11.8 Å². The number of nitrogens with one attached hydrogen (secondary N) is 1. The highest BCUT2D eigenvalue weighted by atomic mass is 16.2. The smallest absolute Gasteiger partial charge is 0.226 e. The van der Waals surface area contributed by atoms with Gasteiger partial charge in [-0.2, -0.15) is 0 Å². The molecule has 0 bridgehead atoms. The molecule has 2 aliphatic rings. The van der Waals surface area contributed by atoms with Crippen molar-refractivity contribution in [2.45, 2.75) is 25.8 Å². The summed E-state index contributed by atoms with van der Waals surface area (Å²) in [7, 11) is 0. The lowest BCUT2D eigenvalue weighted by atomic mass is 9.87. The molecular formula is C20H24N2O. The second kappa shape index (κ2) is 5.97. The van der Waals surface area contributed by atoms with E-state index in [2.05, 4.69) is 59.6 Å². The maximum absolute atomic E-state index is 13.0. The Labute approximate surface area is 137 Å². The Kier molecular flexibility index (Phi) is 3.82. The van der Waals surface area contributed by atoms with Crippen molar-refractivity contribution in [3.8, 4) is 0 Å². The van der Waals surface area contributed by atoms with Crippen molar-refractivity contribution in [2.24, 2.45) is 11.8 Å². The molecule has 0 saturated carbocycles. The first-order chi connectivity index (χ1) is 11.3. The summed E-state index contributed by atoms with van der Waals surface area (Å²) in [6.07, 6.45) is 2.19. The van der Waals surface area contributed by atoms with Gasteiger partial charge in [0.25, 0.3) is 0 Å². The third kappa shape index (κ3) is 2.53. The van der Waals surface area contributed by atoms with Gasteiger partial charge < -0.3 is 10.2 Å². The Morgan fingerprint density at radius 1 is 1.17 bits per heavy atom. The van der Waals surface area contributed by atoms with Crippen LogP contribution in [0.4, 0.5) is 0 Å². The van der Waals surface area contributed by atoms with Gasteiger partial charge in [-0.3, -0.25) is 4.79 Å². The molecule has 0 aromatic heterocycles. The minimum atomic E-state index is 0.131. The van der Waals surface area contributed by atoms with Gasteiger partial charge in [-0.1, -0.05) is 49.4 Å². The quantitative estimate of drug-likeness (QED) is 0.943. The summed E-state index contributed by atoms with van der Waals surface area (Å²) in [4.78, 5) is 15.1. The first kappa shape index (κ1) is 14.7. The number of hydrogen-bond acceptors (Lipinski definition) is 2. The lowest BCUT2D eigenvalue weighted by Gasteiger charge is -2.36. The van der Waals surface area contributed by atoms with E-state index < -0.39 is 0 Å². The maximum Gasteiger partial charge on any atom is 0.226 e. The van der Waals surface area contributed by atoms with Crippen LogP contribution in [0.2, 0.25) is 0 Å². The molecule has 0 radical (unpaired) electrons. The summed E-state index contributed by atoms with van der Waals surface area (Å²) in [6, 6.07) is 15.2. The zero-order chi connectivity index (χ0) is 15.8. The molecule has 2 heterocycles. The normalized spacial score (nSPS) is 23.0. The van der Waals surface area contributed by atoms with Crippen LogP contribution in [-0.4, -0.2) is 30.4 Å². The largest absolute Gasteiger partial charge is 0.335 e. The van der Waals surface area contributed by atoms with E-state index >= 15 is 0 Å². The summed E-state index contributed by atoms with van der Waals surface area (Å²) in [6.45, 7) is 4.98. The van der Waals surface area contributed by atoms with Gasteiger partial charge in [0.05, 0.1) is 6.04 Å². The molecule has 2 fully saturated rings. The molecule has 0 spiro atoms. The number of likely N-dealkylation sites (tertiary alicyclic amines) is 1. The van der Waals surface area contributed by atoms with E-state index in [1.54, 1.807) is 0 Å². The summed E-state index contributed by atoms with van der Waals surface area (Å²) in [5.74, 6) is 0.982. The number of fused-ring (bicyclic) bond motifs is 1. The third-order valence-electron chi connectivity index (χ3n) is 5.63. The molecule has 0 aliphatic carbocycles. The summed E-state index contributed by atoms with van der Waals surface area (Å²) in [5, 5.41) is 5.84. The van der Waals surface area contributed by atoms with Gasteiger partial charge in [0.1, 0.15) is 0 Å². The maximum atomic E-state index is 13.0. The molecule has 2 saturated heterocycles.